The molecule has 0 spiro atoms. The number of hydrogen-bond acceptors (Lipinski definition) is 20. The number of rotatable bonds is 32. The fraction of sp³-hybridized carbons (Fsp3) is 0.918. The Hall–Kier alpha value is -4.29. The summed E-state index contributed by atoms with van der Waals surface area (Å²) < 4.78 is 105. The second kappa shape index (κ2) is 41.4. The highest BCUT2D eigenvalue weighted by Gasteiger charge is 2.60. The molecule has 0 aliphatic heterocycles. The molecule has 17 atom stereocenters. The quantitative estimate of drug-likeness (QED) is 0.0263. The lowest BCUT2D eigenvalue weighted by Crippen LogP contribution is -2.55. The highest BCUT2D eigenvalue weighted by molar-refractivity contribution is 5.87. The number of Topliss-reactive ketones (excluding diaryl/α,β-unsaturated/α-hetero) is 2. The van der Waals surface area contributed by atoms with E-state index in [0.717, 1.165) is 187 Å². The lowest BCUT2D eigenvalue weighted by molar-refractivity contribution is -0.241. The third-order valence-electron chi connectivity index (χ3n) is 34.2. The second-order valence-electron chi connectivity index (χ2n) is 43.8. The van der Waals surface area contributed by atoms with Crippen LogP contribution < -0.4 is 0 Å². The number of carbonyl (C=O) groups excluding carboxylic acids is 8. The molecule has 0 radical (unpaired) electrons. The molecule has 22 rings (SSSR count). The summed E-state index contributed by atoms with van der Waals surface area (Å²) in [5.41, 5.74) is -2.51. The van der Waals surface area contributed by atoms with Crippen molar-refractivity contribution in [1.82, 2.24) is 0 Å². The average Bonchev–Trinajstić information content (AvgIpc) is 1.71. The highest BCUT2D eigenvalue weighted by atomic mass is 19.4. The molecular weight excluding hydrogens is 1550 g/mol. The van der Waals surface area contributed by atoms with Gasteiger partial charge in [0.05, 0.1) is 66.2 Å². The summed E-state index contributed by atoms with van der Waals surface area (Å²) in [6, 6.07) is 0. The van der Waals surface area contributed by atoms with Gasteiger partial charge in [-0.1, -0.05) is 62.3 Å². The predicted molar refractivity (Wildman–Crippen MR) is 447 cm³/mol. The Balaban J connectivity index is 0.000000133. The van der Waals surface area contributed by atoms with Gasteiger partial charge in [-0.3, -0.25) is 38.4 Å². The van der Waals surface area contributed by atoms with E-state index in [1.165, 1.54) is 129 Å². The minimum absolute atomic E-state index is 0.00343. The van der Waals surface area contributed by atoms with Crippen molar-refractivity contribution >= 4 is 47.4 Å². The molecule has 0 N–H and O–H groups in total. The topological polar surface area (TPSA) is 247 Å². The zero-order valence-corrected chi connectivity index (χ0v) is 76.3. The molecular formula is C98H155F3O20. The van der Waals surface area contributed by atoms with Gasteiger partial charge >= 0.3 is 42.0 Å². The molecule has 20 nitrogen and oxygen atoms in total. The zero-order valence-electron chi connectivity index (χ0n) is 76.3. The van der Waals surface area contributed by atoms with Crippen LogP contribution in [0.25, 0.3) is 0 Å². The molecule has 22 bridgehead atoms. The van der Waals surface area contributed by atoms with Crippen molar-refractivity contribution in [2.75, 3.05) is 54.0 Å². The van der Waals surface area contributed by atoms with Crippen molar-refractivity contribution in [2.45, 2.75) is 352 Å². The van der Waals surface area contributed by atoms with E-state index in [1.807, 2.05) is 83.1 Å². The molecule has 0 aromatic rings. The summed E-state index contributed by atoms with van der Waals surface area (Å²) in [6.45, 7) is 27.0. The maximum absolute atomic E-state index is 13.0. The van der Waals surface area contributed by atoms with E-state index in [0.29, 0.717) is 58.1 Å². The van der Waals surface area contributed by atoms with Gasteiger partial charge < -0.3 is 56.8 Å². The minimum Gasteiger partial charge on any atom is -0.438 e. The Morgan fingerprint density at radius 3 is 1.02 bits per heavy atom. The summed E-state index contributed by atoms with van der Waals surface area (Å²) in [5, 5.41) is 0. The van der Waals surface area contributed by atoms with Crippen LogP contribution in [0.3, 0.4) is 0 Å². The maximum atomic E-state index is 13.0. The smallest absolute Gasteiger partial charge is 0.404 e. The largest absolute Gasteiger partial charge is 0.438 e. The van der Waals surface area contributed by atoms with Gasteiger partial charge in [0.15, 0.2) is 46.2 Å². The van der Waals surface area contributed by atoms with Crippen LogP contribution in [0.1, 0.15) is 322 Å². The van der Waals surface area contributed by atoms with Crippen molar-refractivity contribution in [3.05, 3.63) is 0 Å². The normalized spacial score (nSPS) is 38.1. The first-order valence-corrected chi connectivity index (χ1v) is 48.3. The molecule has 121 heavy (non-hydrogen) atoms. The number of hydrogen-bond donors (Lipinski definition) is 0. The Morgan fingerprint density at radius 1 is 0.347 bits per heavy atom. The second-order valence-corrected chi connectivity index (χ2v) is 43.8. The van der Waals surface area contributed by atoms with Crippen LogP contribution in [0.5, 0.6) is 0 Å². The van der Waals surface area contributed by atoms with Crippen molar-refractivity contribution in [2.24, 2.45) is 163 Å². The van der Waals surface area contributed by atoms with Crippen LogP contribution in [0.15, 0.2) is 0 Å². The number of fused-ring (bicyclic) bond motifs is 2. The van der Waals surface area contributed by atoms with E-state index in [4.69, 9.17) is 56.8 Å². The molecule has 22 saturated carbocycles. The van der Waals surface area contributed by atoms with Crippen LogP contribution >= 0.6 is 0 Å². The van der Waals surface area contributed by atoms with Gasteiger partial charge in [-0.15, -0.1) is 0 Å². The Bertz CT molecular complexity index is 3360. The molecule has 0 aromatic heterocycles. The highest BCUT2D eigenvalue weighted by Crippen LogP contribution is 2.63. The summed E-state index contributed by atoms with van der Waals surface area (Å²) >= 11 is 0. The monoisotopic (exact) mass is 1710 g/mol. The first-order valence-electron chi connectivity index (χ1n) is 48.3. The summed E-state index contributed by atoms with van der Waals surface area (Å²) in [7, 11) is 0. The number of ketones is 2. The molecule has 0 saturated heterocycles. The molecule has 22 aliphatic carbocycles. The standard InChI is InChI=1S/C18H30O3.C17H25F3O3.C17H26O4.C17H28O3.C16H24O4.C13H22O3/c1-4-17(2,3)16(19)21-12-20-11-18-8-13-5-14(9-18)7-15(6-13)10-18;1-3-16(2,17(18,19)20)15(21)23-9-22-14-12-5-10-4-11(7-12)8-13(14)6-10;1-4-17(2,3)16(19)21-9-20-15-12-6-10-5-11(8-12)14(18)13(15)7-10;1-3-12(2)16(18)20-11-19-10-17-7-13-4-14(8-17)6-15(5-13)9-17;1-3-9(2)16(18)20-8-19-15-12-5-10-4-11(7-12)14(17)13(15)6-10;1-3-9(2)13(14)16-8-15-12-7-10-4-5-11(12)6-10/h13-15H,4-12H2,1-3H3;10-14H,3-9H2,1-2H3;10-13,15H,4-9H2,1-3H3;12-15H,3-11H2,1-2H3;9-13,15H,3-8H2,1-2H3;9-12H,3-8H2,1-2H3. The fourth-order valence-corrected chi connectivity index (χ4v) is 26.8. The first-order chi connectivity index (χ1) is 57.5. The molecule has 0 amide bonds. The van der Waals surface area contributed by atoms with Gasteiger partial charge in [0.2, 0.25) is 0 Å². The molecule has 23 heteroatoms. The van der Waals surface area contributed by atoms with E-state index in [9.17, 15) is 51.5 Å². The van der Waals surface area contributed by atoms with Gasteiger partial charge in [-0.25, -0.2) is 0 Å². The van der Waals surface area contributed by atoms with Crippen LogP contribution in [-0.2, 0) is 95.2 Å². The van der Waals surface area contributed by atoms with E-state index in [-0.39, 0.29) is 131 Å². The Labute approximate surface area is 721 Å². The lowest BCUT2D eigenvalue weighted by atomic mass is 9.50. The van der Waals surface area contributed by atoms with Crippen molar-refractivity contribution < 1.29 is 108 Å². The minimum atomic E-state index is -4.61. The van der Waals surface area contributed by atoms with Crippen LogP contribution in [0.4, 0.5) is 13.2 Å². The zero-order chi connectivity index (χ0) is 87.1. The Morgan fingerprint density at radius 2 is 0.669 bits per heavy atom. The number of carbonyl (C=O) groups is 8. The third kappa shape index (κ3) is 23.4. The SMILES string of the molecule is CCC(C)(C(=O)OCOC1C2CC3CC(C2)CC1C3)C(F)(F)F.CCC(C)(C)C(=O)OCOC1C2CC3CC(C2)C(=O)C1C3.CCC(C)(C)C(=O)OCOCC12CC3CC(CC(C3)C1)C2.CCC(C)C(=O)OCOC1C2CC3CC(C2)C(=O)C1C3.CCC(C)C(=O)OCOC1CC2CCC1C2.CCC(C)C(=O)OCOCC12CC3CC(CC(C3)C1)C2. The fourth-order valence-electron chi connectivity index (χ4n) is 26.8. The summed E-state index contributed by atoms with van der Waals surface area (Å²) in [6.07, 6.45) is 35.8. The number of alkyl halides is 3. The van der Waals surface area contributed by atoms with Crippen molar-refractivity contribution in [1.29, 1.82) is 0 Å². The lowest BCUT2D eigenvalue weighted by Gasteiger charge is -2.56. The number of ether oxygens (including phenoxy) is 12. The Kier molecular flexibility index (Phi) is 32.8. The first kappa shape index (κ1) is 95.8. The summed E-state index contributed by atoms with van der Waals surface area (Å²) in [5.74, 6) is 11.6. The molecule has 0 heterocycles. The van der Waals surface area contributed by atoms with Gasteiger partial charge in [0, 0.05) is 23.7 Å². The van der Waals surface area contributed by atoms with Crippen LogP contribution in [0.2, 0.25) is 0 Å². The van der Waals surface area contributed by atoms with Crippen LogP contribution in [-0.4, -0.2) is 132 Å². The van der Waals surface area contributed by atoms with Crippen LogP contribution in [0, 0.1) is 163 Å². The average molecular weight is 1710 g/mol. The predicted octanol–water partition coefficient (Wildman–Crippen LogP) is 20.5. The molecule has 22 aliphatic rings. The molecule has 688 valence electrons. The molecule has 22 fully saturated rings. The van der Waals surface area contributed by atoms with Gasteiger partial charge in [0.1, 0.15) is 11.6 Å². The molecule has 17 unspecified atom stereocenters. The molecule has 0 aromatic carbocycles. The van der Waals surface area contributed by atoms with Crippen molar-refractivity contribution in [3.8, 4) is 0 Å². The van der Waals surface area contributed by atoms with Gasteiger partial charge in [-0.05, 0) is 365 Å². The van der Waals surface area contributed by atoms with Gasteiger partial charge in [-0.2, -0.15) is 13.2 Å². The van der Waals surface area contributed by atoms with E-state index in [2.05, 4.69) is 0 Å². The number of halogens is 3. The number of esters is 6. The van der Waals surface area contributed by atoms with E-state index in [1.54, 1.807) is 0 Å². The van der Waals surface area contributed by atoms with E-state index >= 15 is 0 Å². The van der Waals surface area contributed by atoms with Crippen molar-refractivity contribution in [3.63, 3.8) is 0 Å². The van der Waals surface area contributed by atoms with E-state index < -0.39 is 28.4 Å². The van der Waals surface area contributed by atoms with Gasteiger partial charge in [0.25, 0.3) is 0 Å². The maximum Gasteiger partial charge on any atom is 0.404 e. The summed E-state index contributed by atoms with van der Waals surface area (Å²) in [4.78, 5) is 94.9. The third-order valence-corrected chi connectivity index (χ3v) is 34.2.